The second-order valence-electron chi connectivity index (χ2n) is 5.02. The summed E-state index contributed by atoms with van der Waals surface area (Å²) < 4.78 is 11.5. The number of para-hydroxylation sites is 1. The summed E-state index contributed by atoms with van der Waals surface area (Å²) in [6.07, 6.45) is 1.78. The zero-order valence-corrected chi connectivity index (χ0v) is 13.2. The highest BCUT2D eigenvalue weighted by Gasteiger charge is 2.18. The number of ketones is 1. The molecule has 0 aromatic heterocycles. The molecule has 2 aromatic carbocycles. The monoisotopic (exact) mass is 298 g/mol. The molecule has 0 amide bonds. The lowest BCUT2D eigenvalue weighted by molar-refractivity contribution is 0.103. The molecule has 0 aliphatic heterocycles. The number of ether oxygens (including phenoxy) is 2. The third kappa shape index (κ3) is 3.88. The van der Waals surface area contributed by atoms with Crippen LogP contribution in [0.1, 0.15) is 42.6 Å². The molecule has 0 aliphatic carbocycles. The second-order valence-corrected chi connectivity index (χ2v) is 5.02. The van der Waals surface area contributed by atoms with E-state index in [0.29, 0.717) is 35.8 Å². The van der Waals surface area contributed by atoms with Gasteiger partial charge in [-0.3, -0.25) is 4.79 Å². The first-order valence-electron chi connectivity index (χ1n) is 7.76. The van der Waals surface area contributed by atoms with Gasteiger partial charge >= 0.3 is 0 Å². The van der Waals surface area contributed by atoms with Crippen molar-refractivity contribution in [3.8, 4) is 11.5 Å². The van der Waals surface area contributed by atoms with E-state index in [1.807, 2.05) is 56.3 Å². The van der Waals surface area contributed by atoms with Gasteiger partial charge in [-0.1, -0.05) is 50.2 Å². The van der Waals surface area contributed by atoms with Crippen LogP contribution in [0.3, 0.4) is 0 Å². The Kier molecular flexibility index (Phi) is 6.01. The summed E-state index contributed by atoms with van der Waals surface area (Å²) in [5, 5.41) is 0. The Bertz CT molecular complexity index is 605. The number of benzene rings is 2. The lowest BCUT2D eigenvalue weighted by atomic mass is 10.0. The average Bonchev–Trinajstić information content (AvgIpc) is 2.58. The van der Waals surface area contributed by atoms with Crippen molar-refractivity contribution >= 4 is 5.78 Å². The second kappa shape index (κ2) is 8.23. The summed E-state index contributed by atoms with van der Waals surface area (Å²) in [5.41, 5.74) is 1.20. The third-order valence-corrected chi connectivity index (χ3v) is 3.17. The van der Waals surface area contributed by atoms with E-state index in [2.05, 4.69) is 0 Å². The molecule has 116 valence electrons. The molecule has 0 fully saturated rings. The van der Waals surface area contributed by atoms with Gasteiger partial charge in [0.1, 0.15) is 0 Å². The van der Waals surface area contributed by atoms with Gasteiger partial charge in [-0.15, -0.1) is 0 Å². The quantitative estimate of drug-likeness (QED) is 0.673. The number of hydrogen-bond acceptors (Lipinski definition) is 3. The normalized spacial score (nSPS) is 10.3. The van der Waals surface area contributed by atoms with Crippen LogP contribution in [-0.2, 0) is 0 Å². The Morgan fingerprint density at radius 2 is 1.55 bits per heavy atom. The molecular formula is C19H22O3. The smallest absolute Gasteiger partial charge is 0.196 e. The van der Waals surface area contributed by atoms with Crippen LogP contribution in [-0.4, -0.2) is 19.0 Å². The SMILES string of the molecule is CCCOc1cccc(C(=O)c2ccccc2)c1OCCC. The average molecular weight is 298 g/mol. The van der Waals surface area contributed by atoms with Crippen LogP contribution in [0.15, 0.2) is 48.5 Å². The first-order valence-corrected chi connectivity index (χ1v) is 7.76. The van der Waals surface area contributed by atoms with E-state index in [1.165, 1.54) is 0 Å². The molecule has 22 heavy (non-hydrogen) atoms. The van der Waals surface area contributed by atoms with Gasteiger partial charge in [-0.2, -0.15) is 0 Å². The van der Waals surface area contributed by atoms with Crippen LogP contribution in [0.5, 0.6) is 11.5 Å². The van der Waals surface area contributed by atoms with Crippen molar-refractivity contribution in [2.45, 2.75) is 26.7 Å². The number of hydrogen-bond donors (Lipinski definition) is 0. The van der Waals surface area contributed by atoms with Gasteiger partial charge in [0.05, 0.1) is 18.8 Å². The topological polar surface area (TPSA) is 35.5 Å². The molecule has 0 heterocycles. The molecule has 0 atom stereocenters. The zero-order chi connectivity index (χ0) is 15.8. The fourth-order valence-corrected chi connectivity index (χ4v) is 2.12. The predicted octanol–water partition coefficient (Wildman–Crippen LogP) is 4.50. The highest BCUT2D eigenvalue weighted by Crippen LogP contribution is 2.33. The summed E-state index contributed by atoms with van der Waals surface area (Å²) in [6, 6.07) is 14.7. The lowest BCUT2D eigenvalue weighted by Crippen LogP contribution is -2.08. The van der Waals surface area contributed by atoms with Crippen molar-refractivity contribution in [2.24, 2.45) is 0 Å². The molecule has 0 spiro atoms. The standard InChI is InChI=1S/C19H22O3/c1-3-13-21-17-12-8-11-16(19(17)22-14-4-2)18(20)15-9-6-5-7-10-15/h5-12H,3-4,13-14H2,1-2H3. The van der Waals surface area contributed by atoms with Crippen molar-refractivity contribution in [1.82, 2.24) is 0 Å². The molecule has 0 aliphatic rings. The molecule has 0 radical (unpaired) electrons. The van der Waals surface area contributed by atoms with Crippen molar-refractivity contribution in [3.05, 3.63) is 59.7 Å². The number of rotatable bonds is 8. The molecule has 0 unspecified atom stereocenters. The van der Waals surface area contributed by atoms with Crippen molar-refractivity contribution in [1.29, 1.82) is 0 Å². The van der Waals surface area contributed by atoms with Crippen LogP contribution in [0.25, 0.3) is 0 Å². The maximum atomic E-state index is 12.7. The Labute approximate surface area is 131 Å². The van der Waals surface area contributed by atoms with E-state index < -0.39 is 0 Å². The number of carbonyl (C=O) groups is 1. The Balaban J connectivity index is 2.38. The van der Waals surface area contributed by atoms with E-state index in [0.717, 1.165) is 12.8 Å². The predicted molar refractivity (Wildman–Crippen MR) is 87.9 cm³/mol. The van der Waals surface area contributed by atoms with Crippen LogP contribution < -0.4 is 9.47 Å². The molecule has 0 bridgehead atoms. The van der Waals surface area contributed by atoms with Crippen LogP contribution in [0, 0.1) is 0 Å². The maximum absolute atomic E-state index is 12.7. The first-order chi connectivity index (χ1) is 10.8. The van der Waals surface area contributed by atoms with Gasteiger partial charge in [0.25, 0.3) is 0 Å². The Morgan fingerprint density at radius 1 is 0.864 bits per heavy atom. The minimum atomic E-state index is -0.0475. The Morgan fingerprint density at radius 3 is 2.23 bits per heavy atom. The van der Waals surface area contributed by atoms with Gasteiger partial charge in [-0.25, -0.2) is 0 Å². The van der Waals surface area contributed by atoms with E-state index in [9.17, 15) is 4.79 Å². The van der Waals surface area contributed by atoms with Crippen molar-refractivity contribution < 1.29 is 14.3 Å². The molecule has 0 N–H and O–H groups in total. The van der Waals surface area contributed by atoms with Gasteiger partial charge in [-0.05, 0) is 25.0 Å². The first kappa shape index (κ1) is 16.1. The van der Waals surface area contributed by atoms with E-state index in [-0.39, 0.29) is 5.78 Å². The fraction of sp³-hybridized carbons (Fsp3) is 0.316. The molecule has 0 saturated carbocycles. The van der Waals surface area contributed by atoms with Crippen LogP contribution >= 0.6 is 0 Å². The highest BCUT2D eigenvalue weighted by atomic mass is 16.5. The van der Waals surface area contributed by atoms with Gasteiger partial charge in [0.2, 0.25) is 0 Å². The van der Waals surface area contributed by atoms with Crippen molar-refractivity contribution in [2.75, 3.05) is 13.2 Å². The summed E-state index contributed by atoms with van der Waals surface area (Å²) in [7, 11) is 0. The highest BCUT2D eigenvalue weighted by molar-refractivity contribution is 6.11. The van der Waals surface area contributed by atoms with E-state index >= 15 is 0 Å². The minimum absolute atomic E-state index is 0.0475. The summed E-state index contributed by atoms with van der Waals surface area (Å²) in [5.74, 6) is 1.14. The van der Waals surface area contributed by atoms with Gasteiger partial charge in [0.15, 0.2) is 17.3 Å². The molecule has 2 aromatic rings. The van der Waals surface area contributed by atoms with E-state index in [4.69, 9.17) is 9.47 Å². The van der Waals surface area contributed by atoms with Crippen LogP contribution in [0.2, 0.25) is 0 Å². The van der Waals surface area contributed by atoms with Crippen molar-refractivity contribution in [3.63, 3.8) is 0 Å². The molecule has 0 saturated heterocycles. The van der Waals surface area contributed by atoms with E-state index in [1.54, 1.807) is 6.07 Å². The molecule has 2 rings (SSSR count). The maximum Gasteiger partial charge on any atom is 0.196 e. The largest absolute Gasteiger partial charge is 0.490 e. The number of carbonyl (C=O) groups excluding carboxylic acids is 1. The summed E-state index contributed by atoms with van der Waals surface area (Å²) in [4.78, 5) is 12.7. The summed E-state index contributed by atoms with van der Waals surface area (Å²) in [6.45, 7) is 5.24. The molecule has 3 heteroatoms. The third-order valence-electron chi connectivity index (χ3n) is 3.17. The van der Waals surface area contributed by atoms with Crippen LogP contribution in [0.4, 0.5) is 0 Å². The van der Waals surface area contributed by atoms with Gasteiger partial charge < -0.3 is 9.47 Å². The Hall–Kier alpha value is -2.29. The zero-order valence-electron chi connectivity index (χ0n) is 13.2. The molecule has 3 nitrogen and oxygen atoms in total. The fourth-order valence-electron chi connectivity index (χ4n) is 2.12. The molecular weight excluding hydrogens is 276 g/mol. The lowest BCUT2D eigenvalue weighted by Gasteiger charge is -2.15. The summed E-state index contributed by atoms with van der Waals surface area (Å²) >= 11 is 0. The van der Waals surface area contributed by atoms with Gasteiger partial charge in [0, 0.05) is 5.56 Å². The minimum Gasteiger partial charge on any atom is -0.490 e.